The summed E-state index contributed by atoms with van der Waals surface area (Å²) < 4.78 is 2.35. The Morgan fingerprint density at radius 3 is 2.61 bits per heavy atom. The van der Waals surface area contributed by atoms with Crippen molar-refractivity contribution in [1.29, 1.82) is 0 Å². The number of likely N-dealkylation sites (N-methyl/N-ethyl adjacent to an activating group) is 2. The van der Waals surface area contributed by atoms with Crippen LogP contribution in [0.2, 0.25) is 0 Å². The molecule has 0 fully saturated rings. The number of amides is 1. The van der Waals surface area contributed by atoms with Crippen molar-refractivity contribution in [2.45, 2.75) is 26.3 Å². The Bertz CT molecular complexity index is 1850. The molecule has 0 aliphatic carbocycles. The molecule has 10 nitrogen and oxygen atoms in total. The third-order valence-corrected chi connectivity index (χ3v) is 8.01. The fraction of sp³-hybridized carbons (Fsp3) is 0.265. The normalized spacial score (nSPS) is 12.4. The van der Waals surface area contributed by atoms with Crippen LogP contribution in [0, 0.1) is 6.92 Å². The maximum Gasteiger partial charge on any atom is 0.247 e. The van der Waals surface area contributed by atoms with Crippen LogP contribution < -0.4 is 15.5 Å². The van der Waals surface area contributed by atoms with Crippen LogP contribution in [0.4, 0.5) is 23.0 Å². The molecule has 5 aromatic rings. The van der Waals surface area contributed by atoms with Crippen molar-refractivity contribution in [3.8, 4) is 22.8 Å². The minimum Gasteiger partial charge on any atom is -0.372 e. The van der Waals surface area contributed by atoms with Crippen LogP contribution >= 0.6 is 0 Å². The molecule has 1 aliphatic heterocycles. The highest BCUT2D eigenvalue weighted by atomic mass is 16.1. The molecular formula is C34H37N9O. The molecule has 0 bridgehead atoms. The van der Waals surface area contributed by atoms with Gasteiger partial charge in [0.2, 0.25) is 11.9 Å². The van der Waals surface area contributed by atoms with Gasteiger partial charge in [0.15, 0.2) is 5.82 Å². The second-order valence-corrected chi connectivity index (χ2v) is 11.4. The number of rotatable bonds is 10. The molecule has 1 amide bonds. The number of benzene rings is 2. The van der Waals surface area contributed by atoms with Crippen LogP contribution in [-0.2, 0) is 17.8 Å². The van der Waals surface area contributed by atoms with Crippen molar-refractivity contribution in [3.63, 3.8) is 0 Å². The molecule has 2 aromatic carbocycles. The molecule has 44 heavy (non-hydrogen) atoms. The van der Waals surface area contributed by atoms with Gasteiger partial charge in [0.1, 0.15) is 0 Å². The van der Waals surface area contributed by atoms with Gasteiger partial charge in [-0.1, -0.05) is 24.8 Å². The highest BCUT2D eigenvalue weighted by Crippen LogP contribution is 2.42. The van der Waals surface area contributed by atoms with Gasteiger partial charge in [-0.05, 0) is 75.3 Å². The number of para-hydroxylation sites is 1. The molecule has 224 valence electrons. The predicted octanol–water partition coefficient (Wildman–Crippen LogP) is 5.68. The quantitative estimate of drug-likeness (QED) is 0.201. The summed E-state index contributed by atoms with van der Waals surface area (Å²) in [4.78, 5) is 35.5. The maximum atomic E-state index is 12.4. The van der Waals surface area contributed by atoms with E-state index in [1.54, 1.807) is 18.6 Å². The number of nitrogens with zero attached hydrogens (tertiary/aromatic N) is 7. The average Bonchev–Trinajstić information content (AvgIpc) is 3.37. The number of hydrogen-bond donors (Lipinski definition) is 2. The van der Waals surface area contributed by atoms with Crippen LogP contribution in [0.1, 0.15) is 17.5 Å². The van der Waals surface area contributed by atoms with Gasteiger partial charge >= 0.3 is 0 Å². The summed E-state index contributed by atoms with van der Waals surface area (Å²) in [6, 6.07) is 14.2. The summed E-state index contributed by atoms with van der Waals surface area (Å²) in [6.45, 7) is 8.22. The molecule has 0 saturated carbocycles. The predicted molar refractivity (Wildman–Crippen MR) is 177 cm³/mol. The Labute approximate surface area is 257 Å². The van der Waals surface area contributed by atoms with E-state index in [4.69, 9.17) is 4.98 Å². The van der Waals surface area contributed by atoms with Gasteiger partial charge in [0.05, 0.1) is 28.3 Å². The lowest BCUT2D eigenvalue weighted by atomic mass is 10.0. The zero-order chi connectivity index (χ0) is 30.8. The van der Waals surface area contributed by atoms with E-state index in [1.165, 1.54) is 17.2 Å². The molecule has 2 N–H and O–H groups in total. The monoisotopic (exact) mass is 587 g/mol. The lowest BCUT2D eigenvalue weighted by Crippen LogP contribution is -2.29. The van der Waals surface area contributed by atoms with Crippen molar-refractivity contribution >= 4 is 39.8 Å². The topological polar surface area (TPSA) is 104 Å². The van der Waals surface area contributed by atoms with Crippen molar-refractivity contribution in [2.75, 3.05) is 49.8 Å². The highest BCUT2D eigenvalue weighted by Gasteiger charge is 2.26. The van der Waals surface area contributed by atoms with Gasteiger partial charge in [-0.3, -0.25) is 4.79 Å². The van der Waals surface area contributed by atoms with Crippen LogP contribution in [0.15, 0.2) is 73.7 Å². The van der Waals surface area contributed by atoms with E-state index in [1.807, 2.05) is 46.3 Å². The van der Waals surface area contributed by atoms with E-state index in [2.05, 4.69) is 70.8 Å². The van der Waals surface area contributed by atoms with Crippen molar-refractivity contribution in [2.24, 2.45) is 0 Å². The zero-order valence-electron chi connectivity index (χ0n) is 25.6. The van der Waals surface area contributed by atoms with Crippen molar-refractivity contribution < 1.29 is 4.79 Å². The smallest absolute Gasteiger partial charge is 0.247 e. The number of anilines is 4. The van der Waals surface area contributed by atoms with Gasteiger partial charge in [-0.15, -0.1) is 0 Å². The Kier molecular flexibility index (Phi) is 8.08. The Morgan fingerprint density at radius 2 is 1.84 bits per heavy atom. The third kappa shape index (κ3) is 5.63. The second-order valence-electron chi connectivity index (χ2n) is 11.4. The first-order chi connectivity index (χ1) is 21.3. The lowest BCUT2D eigenvalue weighted by molar-refractivity contribution is -0.111. The first-order valence-corrected chi connectivity index (χ1v) is 14.8. The third-order valence-electron chi connectivity index (χ3n) is 8.01. The van der Waals surface area contributed by atoms with E-state index in [0.29, 0.717) is 17.5 Å². The SMILES string of the molecule is C=CC(=O)Nc1cc(Nc2nccc(-c3c(-c4ncccn4)n4c5c(cccc35)CCC4)n2)c(C)cc1N(C)CCN(C)C. The Balaban J connectivity index is 1.42. The molecule has 4 heterocycles. The van der Waals surface area contributed by atoms with Gasteiger partial charge in [-0.2, -0.15) is 0 Å². The van der Waals surface area contributed by atoms with E-state index in [9.17, 15) is 4.79 Å². The number of aryl methyl sites for hydroxylation is 3. The minimum atomic E-state index is -0.274. The van der Waals surface area contributed by atoms with Crippen molar-refractivity contribution in [1.82, 2.24) is 29.4 Å². The van der Waals surface area contributed by atoms with E-state index >= 15 is 0 Å². The maximum absolute atomic E-state index is 12.4. The number of carbonyl (C=O) groups is 1. The summed E-state index contributed by atoms with van der Waals surface area (Å²) in [5, 5.41) is 7.52. The fourth-order valence-corrected chi connectivity index (χ4v) is 5.83. The molecule has 3 aromatic heterocycles. The zero-order valence-corrected chi connectivity index (χ0v) is 25.6. The summed E-state index contributed by atoms with van der Waals surface area (Å²) >= 11 is 0. The molecule has 0 spiro atoms. The standard InChI is InChI=1S/C34H37N9O/c1-6-29(44)38-27-21-26(22(2)20-28(27)42(5)19-18-41(3)4)40-34-37-16-13-25(39-34)30-24-12-7-10-23-11-8-17-43(31(23)24)32(30)33-35-14-9-15-36-33/h6-7,9-10,12-16,20-21H,1,8,11,17-19H2,2-5H3,(H,38,44)(H,37,39,40). The van der Waals surface area contributed by atoms with Crippen LogP contribution in [0.3, 0.4) is 0 Å². The summed E-state index contributed by atoms with van der Waals surface area (Å²) in [5.74, 6) is 0.850. The fourth-order valence-electron chi connectivity index (χ4n) is 5.83. The van der Waals surface area contributed by atoms with Crippen molar-refractivity contribution in [3.05, 3.63) is 84.8 Å². The van der Waals surface area contributed by atoms with Gasteiger partial charge in [0.25, 0.3) is 0 Å². The molecule has 0 saturated heterocycles. The van der Waals surface area contributed by atoms with Gasteiger partial charge in [-0.25, -0.2) is 19.9 Å². The molecular weight excluding hydrogens is 550 g/mol. The lowest BCUT2D eigenvalue weighted by Gasteiger charge is -2.25. The number of carbonyl (C=O) groups excluding carboxylic acids is 1. The van der Waals surface area contributed by atoms with Crippen LogP contribution in [0.25, 0.3) is 33.7 Å². The van der Waals surface area contributed by atoms with E-state index < -0.39 is 0 Å². The highest BCUT2D eigenvalue weighted by molar-refractivity contribution is 6.05. The van der Waals surface area contributed by atoms with Crippen LogP contribution in [-0.4, -0.2) is 69.5 Å². The number of nitrogens with one attached hydrogen (secondary N) is 2. The number of aromatic nitrogens is 5. The largest absolute Gasteiger partial charge is 0.372 e. The average molecular weight is 588 g/mol. The molecule has 10 heteroatoms. The van der Waals surface area contributed by atoms with E-state index in [0.717, 1.165) is 71.8 Å². The first kappa shape index (κ1) is 29.0. The minimum absolute atomic E-state index is 0.274. The van der Waals surface area contributed by atoms with Gasteiger partial charge in [0, 0.05) is 61.9 Å². The summed E-state index contributed by atoms with van der Waals surface area (Å²) in [5.41, 5.74) is 8.67. The molecule has 6 rings (SSSR count). The summed E-state index contributed by atoms with van der Waals surface area (Å²) in [6.07, 6.45) is 8.70. The van der Waals surface area contributed by atoms with Crippen LogP contribution in [0.5, 0.6) is 0 Å². The molecule has 0 atom stereocenters. The first-order valence-electron chi connectivity index (χ1n) is 14.8. The molecule has 0 unspecified atom stereocenters. The Morgan fingerprint density at radius 1 is 1.02 bits per heavy atom. The second kappa shape index (κ2) is 12.3. The van der Waals surface area contributed by atoms with Gasteiger partial charge < -0.3 is 25.0 Å². The summed E-state index contributed by atoms with van der Waals surface area (Å²) in [7, 11) is 6.11. The molecule has 1 aliphatic rings. The Hall–Kier alpha value is -5.09. The molecule has 0 radical (unpaired) electrons. The number of hydrogen-bond acceptors (Lipinski definition) is 8. The van der Waals surface area contributed by atoms with E-state index in [-0.39, 0.29) is 5.91 Å².